The van der Waals surface area contributed by atoms with Crippen LogP contribution in [-0.2, 0) is 14.6 Å². The molecule has 1 aliphatic rings. The number of nitrogens with zero attached hydrogens (tertiary/aromatic N) is 1. The van der Waals surface area contributed by atoms with E-state index < -0.39 is 9.84 Å². The number of nitrogens with one attached hydrogen (secondary N) is 1. The summed E-state index contributed by atoms with van der Waals surface area (Å²) in [7, 11) is -3.05. The highest BCUT2D eigenvalue weighted by atomic mass is 32.2. The van der Waals surface area contributed by atoms with Crippen LogP contribution in [0, 0.1) is 11.8 Å². The summed E-state index contributed by atoms with van der Waals surface area (Å²) >= 11 is 0. The molecule has 1 amide bonds. The zero-order valence-corrected chi connectivity index (χ0v) is 13.3. The van der Waals surface area contributed by atoms with Crippen LogP contribution in [0.3, 0.4) is 0 Å². The third kappa shape index (κ3) is 4.18. The van der Waals surface area contributed by atoms with E-state index in [4.69, 9.17) is 0 Å². The number of sulfone groups is 1. The predicted octanol–water partition coefficient (Wildman–Crippen LogP) is 0.860. The Balaban J connectivity index is 2.83. The molecule has 1 heterocycles. The first kappa shape index (κ1) is 16.4. The van der Waals surface area contributed by atoms with Crippen molar-refractivity contribution in [2.45, 2.75) is 46.3 Å². The Bertz CT molecular complexity index is 420. The van der Waals surface area contributed by atoms with E-state index in [1.807, 2.05) is 20.8 Å². The summed E-state index contributed by atoms with van der Waals surface area (Å²) in [6.07, 6.45) is 2.07. The maximum absolute atomic E-state index is 12.4. The van der Waals surface area contributed by atoms with Gasteiger partial charge in [0.2, 0.25) is 5.91 Å². The van der Waals surface area contributed by atoms with E-state index in [-0.39, 0.29) is 42.2 Å². The van der Waals surface area contributed by atoms with Gasteiger partial charge in [0, 0.05) is 12.8 Å². The highest BCUT2D eigenvalue weighted by Gasteiger charge is 2.42. The second-order valence-corrected chi connectivity index (χ2v) is 8.14. The summed E-state index contributed by atoms with van der Waals surface area (Å²) in [6.45, 7) is 8.46. The third-order valence-electron chi connectivity index (χ3n) is 3.78. The average molecular weight is 290 g/mol. The van der Waals surface area contributed by atoms with Crippen LogP contribution in [-0.4, -0.2) is 50.0 Å². The molecule has 0 bridgehead atoms. The fourth-order valence-electron chi connectivity index (χ4n) is 2.37. The van der Waals surface area contributed by atoms with E-state index in [0.717, 1.165) is 6.42 Å². The lowest BCUT2D eigenvalue weighted by molar-refractivity contribution is -0.131. The first-order chi connectivity index (χ1) is 8.67. The van der Waals surface area contributed by atoms with Crippen molar-refractivity contribution in [3.8, 4) is 0 Å². The van der Waals surface area contributed by atoms with Crippen molar-refractivity contribution in [2.24, 2.45) is 11.8 Å². The Morgan fingerprint density at radius 3 is 2.32 bits per heavy atom. The van der Waals surface area contributed by atoms with Crippen LogP contribution in [0.5, 0.6) is 0 Å². The summed E-state index contributed by atoms with van der Waals surface area (Å²) in [4.78, 5) is 14.1. The molecule has 19 heavy (non-hydrogen) atoms. The summed E-state index contributed by atoms with van der Waals surface area (Å²) in [5.41, 5.74) is 0. The third-order valence-corrected chi connectivity index (χ3v) is 4.71. The molecule has 0 aromatic carbocycles. The Morgan fingerprint density at radius 1 is 1.32 bits per heavy atom. The quantitative estimate of drug-likeness (QED) is 0.788. The topological polar surface area (TPSA) is 66.5 Å². The monoisotopic (exact) mass is 290 g/mol. The lowest BCUT2D eigenvalue weighted by atomic mass is 9.99. The highest BCUT2D eigenvalue weighted by Crippen LogP contribution is 2.23. The second-order valence-electron chi connectivity index (χ2n) is 5.88. The van der Waals surface area contributed by atoms with Crippen molar-refractivity contribution >= 4 is 15.7 Å². The van der Waals surface area contributed by atoms with Crippen molar-refractivity contribution in [2.75, 3.05) is 18.6 Å². The Hall–Kier alpha value is -0.620. The van der Waals surface area contributed by atoms with E-state index >= 15 is 0 Å². The van der Waals surface area contributed by atoms with Crippen LogP contribution < -0.4 is 5.32 Å². The smallest absolute Gasteiger partial charge is 0.241 e. The van der Waals surface area contributed by atoms with Gasteiger partial charge in [0.15, 0.2) is 0 Å². The van der Waals surface area contributed by atoms with E-state index in [1.54, 1.807) is 4.90 Å². The highest BCUT2D eigenvalue weighted by molar-refractivity contribution is 7.90. The minimum absolute atomic E-state index is 0.0247. The van der Waals surface area contributed by atoms with Crippen molar-refractivity contribution < 1.29 is 13.2 Å². The van der Waals surface area contributed by atoms with E-state index in [0.29, 0.717) is 0 Å². The molecule has 0 saturated carbocycles. The molecule has 6 heteroatoms. The van der Waals surface area contributed by atoms with E-state index in [1.165, 1.54) is 6.26 Å². The van der Waals surface area contributed by atoms with Crippen molar-refractivity contribution in [3.05, 3.63) is 0 Å². The summed E-state index contributed by atoms with van der Waals surface area (Å²) in [6, 6.07) is -0.183. The molecule has 1 fully saturated rings. The number of hydrogen-bond donors (Lipinski definition) is 1. The molecule has 3 unspecified atom stereocenters. The van der Waals surface area contributed by atoms with Gasteiger partial charge in [-0.1, -0.05) is 34.1 Å². The molecule has 0 radical (unpaired) electrons. The second kappa shape index (κ2) is 6.22. The van der Waals surface area contributed by atoms with Crippen LogP contribution in [0.4, 0.5) is 0 Å². The van der Waals surface area contributed by atoms with Gasteiger partial charge in [-0.15, -0.1) is 0 Å². The SMILES string of the molecule is CCC(C)C1NC(C(C)C)N(CCS(C)(=O)=O)C1=O. The molecule has 0 aliphatic carbocycles. The van der Waals surface area contributed by atoms with Gasteiger partial charge in [0.1, 0.15) is 9.84 Å². The minimum atomic E-state index is -3.05. The van der Waals surface area contributed by atoms with E-state index in [2.05, 4.69) is 12.2 Å². The van der Waals surface area contributed by atoms with Crippen molar-refractivity contribution in [3.63, 3.8) is 0 Å². The maximum atomic E-state index is 12.4. The Kier molecular flexibility index (Phi) is 5.38. The number of carbonyl (C=O) groups excluding carboxylic acids is 1. The molecule has 1 rings (SSSR count). The van der Waals surface area contributed by atoms with Crippen LogP contribution in [0.2, 0.25) is 0 Å². The molecule has 0 aromatic rings. The van der Waals surface area contributed by atoms with Gasteiger partial charge in [-0.3, -0.25) is 10.1 Å². The minimum Gasteiger partial charge on any atom is -0.325 e. The summed E-state index contributed by atoms with van der Waals surface area (Å²) in [5.74, 6) is 0.586. The molecule has 1 N–H and O–H groups in total. The molecular weight excluding hydrogens is 264 g/mol. The van der Waals surface area contributed by atoms with Gasteiger partial charge in [-0.25, -0.2) is 8.42 Å². The molecule has 0 aromatic heterocycles. The number of carbonyl (C=O) groups is 1. The Morgan fingerprint density at radius 2 is 1.89 bits per heavy atom. The fourth-order valence-corrected chi connectivity index (χ4v) is 2.90. The average Bonchev–Trinajstić information content (AvgIpc) is 2.62. The summed E-state index contributed by atoms with van der Waals surface area (Å²) in [5, 5.41) is 3.36. The van der Waals surface area contributed by atoms with Crippen LogP contribution in [0.25, 0.3) is 0 Å². The van der Waals surface area contributed by atoms with Gasteiger partial charge in [0.25, 0.3) is 0 Å². The molecule has 3 atom stereocenters. The fraction of sp³-hybridized carbons (Fsp3) is 0.923. The van der Waals surface area contributed by atoms with Gasteiger partial charge < -0.3 is 4.90 Å². The molecule has 0 spiro atoms. The van der Waals surface area contributed by atoms with Crippen LogP contribution in [0.1, 0.15) is 34.1 Å². The van der Waals surface area contributed by atoms with Gasteiger partial charge >= 0.3 is 0 Å². The molecule has 1 saturated heterocycles. The predicted molar refractivity (Wildman–Crippen MR) is 76.4 cm³/mol. The lowest BCUT2D eigenvalue weighted by Gasteiger charge is -2.26. The van der Waals surface area contributed by atoms with Gasteiger partial charge in [0.05, 0.1) is 18.0 Å². The van der Waals surface area contributed by atoms with Crippen molar-refractivity contribution in [1.82, 2.24) is 10.2 Å². The molecule has 1 aliphatic heterocycles. The first-order valence-electron chi connectivity index (χ1n) is 6.91. The maximum Gasteiger partial charge on any atom is 0.241 e. The van der Waals surface area contributed by atoms with E-state index in [9.17, 15) is 13.2 Å². The lowest BCUT2D eigenvalue weighted by Crippen LogP contribution is -2.43. The largest absolute Gasteiger partial charge is 0.325 e. The summed E-state index contributed by atoms with van der Waals surface area (Å²) < 4.78 is 22.6. The molecule has 5 nitrogen and oxygen atoms in total. The zero-order chi connectivity index (χ0) is 14.8. The number of hydrogen-bond acceptors (Lipinski definition) is 4. The van der Waals surface area contributed by atoms with Gasteiger partial charge in [-0.05, 0) is 11.8 Å². The van der Waals surface area contributed by atoms with Crippen molar-refractivity contribution in [1.29, 1.82) is 0 Å². The number of amides is 1. The Labute approximate surface area is 116 Å². The first-order valence-corrected chi connectivity index (χ1v) is 8.97. The molecular formula is C13H26N2O3S. The standard InChI is InChI=1S/C13H26N2O3S/c1-6-10(4)11-13(16)15(7-8-19(5,17)18)12(14-11)9(2)3/h9-12,14H,6-8H2,1-5H3. The molecule has 112 valence electrons. The van der Waals surface area contributed by atoms with Crippen LogP contribution in [0.15, 0.2) is 0 Å². The number of rotatable bonds is 6. The zero-order valence-electron chi connectivity index (χ0n) is 12.5. The van der Waals surface area contributed by atoms with Crippen LogP contribution >= 0.6 is 0 Å². The van der Waals surface area contributed by atoms with Gasteiger partial charge in [-0.2, -0.15) is 0 Å². The normalized spacial score (nSPS) is 26.2.